The highest BCUT2D eigenvalue weighted by molar-refractivity contribution is 7.98. The molecule has 2 aliphatic rings. The molecular weight excluding hydrogens is 464 g/mol. The van der Waals surface area contributed by atoms with Crippen LogP contribution in [0.1, 0.15) is 18.5 Å². The van der Waals surface area contributed by atoms with Crippen molar-refractivity contribution in [3.05, 3.63) is 65.4 Å². The molecule has 4 rings (SSSR count). The number of nitrogens with one attached hydrogen (secondary N) is 2. The maximum Gasteiger partial charge on any atom is 0.338 e. The number of benzene rings is 2. The lowest BCUT2D eigenvalue weighted by Crippen LogP contribution is -2.51. The van der Waals surface area contributed by atoms with E-state index >= 15 is 0 Å². The third-order valence-corrected chi connectivity index (χ3v) is 7.01. The fourth-order valence-corrected chi connectivity index (χ4v) is 4.84. The van der Waals surface area contributed by atoms with Gasteiger partial charge in [0.05, 0.1) is 25.3 Å². The summed E-state index contributed by atoms with van der Waals surface area (Å²) in [7, 11) is 1.67. The molecule has 0 radical (unpaired) electrons. The van der Waals surface area contributed by atoms with Gasteiger partial charge in [-0.05, 0) is 43.0 Å². The minimum absolute atomic E-state index is 0.265. The Hall–Kier alpha value is -3.17. The minimum Gasteiger partial charge on any atom is -0.497 e. The van der Waals surface area contributed by atoms with Gasteiger partial charge in [-0.25, -0.2) is 9.59 Å². The zero-order valence-electron chi connectivity index (χ0n) is 20.4. The Balaban J connectivity index is 1.54. The molecule has 0 aliphatic carbocycles. The summed E-state index contributed by atoms with van der Waals surface area (Å²) in [6.07, 6.45) is 2.01. The van der Waals surface area contributed by atoms with Crippen molar-refractivity contribution < 1.29 is 19.1 Å². The third-order valence-electron chi connectivity index (χ3n) is 6.27. The molecule has 1 saturated heterocycles. The molecule has 8 nitrogen and oxygen atoms in total. The molecule has 0 aromatic heterocycles. The number of hydrogen-bond donors (Lipinski definition) is 2. The van der Waals surface area contributed by atoms with Crippen LogP contribution in [0.25, 0.3) is 0 Å². The second-order valence-electron chi connectivity index (χ2n) is 8.38. The predicted octanol–water partition coefficient (Wildman–Crippen LogP) is 3.41. The van der Waals surface area contributed by atoms with Crippen LogP contribution in [-0.2, 0) is 9.53 Å². The standard InChI is InChI=1S/C26H32N4O4S/c1-4-34-25(31)23-22(27-26(32)28-24(23)18-8-10-21(35-3)11-9-18)17-29-12-14-30(15-13-29)19-6-5-7-20(16-19)33-2/h5-11,16,24H,4,12-15,17H2,1-3H3,(H2,27,28,32)/t24-/m0/s1. The van der Waals surface area contributed by atoms with Crippen LogP contribution < -0.4 is 20.3 Å². The number of piperazine rings is 1. The predicted molar refractivity (Wildman–Crippen MR) is 138 cm³/mol. The highest BCUT2D eigenvalue weighted by atomic mass is 32.2. The quantitative estimate of drug-likeness (QED) is 0.428. The van der Waals surface area contributed by atoms with E-state index in [4.69, 9.17) is 9.47 Å². The molecule has 2 aliphatic heterocycles. The molecule has 0 spiro atoms. The molecule has 2 amide bonds. The van der Waals surface area contributed by atoms with Gasteiger partial charge in [-0.2, -0.15) is 0 Å². The van der Waals surface area contributed by atoms with Crippen LogP contribution in [0.4, 0.5) is 10.5 Å². The first-order valence-corrected chi connectivity index (χ1v) is 13.0. The smallest absolute Gasteiger partial charge is 0.338 e. The van der Waals surface area contributed by atoms with Gasteiger partial charge >= 0.3 is 12.0 Å². The van der Waals surface area contributed by atoms with E-state index in [9.17, 15) is 9.59 Å². The summed E-state index contributed by atoms with van der Waals surface area (Å²) in [4.78, 5) is 31.3. The van der Waals surface area contributed by atoms with Gasteiger partial charge in [-0.1, -0.05) is 18.2 Å². The summed E-state index contributed by atoms with van der Waals surface area (Å²) in [6, 6.07) is 15.1. The van der Waals surface area contributed by atoms with Crippen molar-refractivity contribution in [3.8, 4) is 5.75 Å². The van der Waals surface area contributed by atoms with E-state index in [2.05, 4.69) is 26.5 Å². The fraction of sp³-hybridized carbons (Fsp3) is 0.385. The number of carbonyl (C=O) groups is 2. The van der Waals surface area contributed by atoms with Gasteiger partial charge in [0.1, 0.15) is 5.75 Å². The van der Waals surface area contributed by atoms with Gasteiger partial charge in [0.15, 0.2) is 0 Å². The van der Waals surface area contributed by atoms with Gasteiger partial charge in [-0.3, -0.25) is 4.90 Å². The molecule has 186 valence electrons. The van der Waals surface area contributed by atoms with E-state index in [1.165, 1.54) is 0 Å². The molecule has 0 unspecified atom stereocenters. The molecule has 2 heterocycles. The molecular formula is C26H32N4O4S. The zero-order chi connectivity index (χ0) is 24.8. The second kappa shape index (κ2) is 11.5. The van der Waals surface area contributed by atoms with E-state index in [1.807, 2.05) is 48.7 Å². The Morgan fingerprint density at radius 1 is 1.11 bits per heavy atom. The SMILES string of the molecule is CCOC(=O)C1=C(CN2CCN(c3cccc(OC)c3)CC2)NC(=O)N[C@H]1c1ccc(SC)cc1. The van der Waals surface area contributed by atoms with Gasteiger partial charge in [0.25, 0.3) is 0 Å². The first-order valence-electron chi connectivity index (χ1n) is 11.7. The number of anilines is 1. The summed E-state index contributed by atoms with van der Waals surface area (Å²) >= 11 is 1.64. The van der Waals surface area contributed by atoms with Crippen molar-refractivity contribution in [2.75, 3.05) is 57.6 Å². The van der Waals surface area contributed by atoms with Crippen LogP contribution in [0.2, 0.25) is 0 Å². The van der Waals surface area contributed by atoms with E-state index < -0.39 is 12.0 Å². The Morgan fingerprint density at radius 3 is 2.51 bits per heavy atom. The molecule has 9 heteroatoms. The molecule has 35 heavy (non-hydrogen) atoms. The first kappa shape index (κ1) is 24.9. The highest BCUT2D eigenvalue weighted by Crippen LogP contribution is 2.30. The highest BCUT2D eigenvalue weighted by Gasteiger charge is 2.34. The number of methoxy groups -OCH3 is 1. The number of urea groups is 1. The topological polar surface area (TPSA) is 83.1 Å². The van der Waals surface area contributed by atoms with Gasteiger partial charge < -0.3 is 25.0 Å². The van der Waals surface area contributed by atoms with E-state index in [1.54, 1.807) is 25.8 Å². The third kappa shape index (κ3) is 5.91. The number of carbonyl (C=O) groups excluding carboxylic acids is 2. The van der Waals surface area contributed by atoms with E-state index in [0.717, 1.165) is 48.1 Å². The normalized spacial score (nSPS) is 18.7. The van der Waals surface area contributed by atoms with Crippen LogP contribution in [0.15, 0.2) is 64.7 Å². The number of esters is 1. The lowest BCUT2D eigenvalue weighted by molar-refractivity contribution is -0.139. The Kier molecular flexibility index (Phi) is 8.20. The number of ether oxygens (including phenoxy) is 2. The number of amides is 2. The molecule has 2 N–H and O–H groups in total. The largest absolute Gasteiger partial charge is 0.497 e. The van der Waals surface area contributed by atoms with Gasteiger partial charge in [0.2, 0.25) is 0 Å². The maximum absolute atomic E-state index is 13.0. The minimum atomic E-state index is -0.563. The van der Waals surface area contributed by atoms with Crippen molar-refractivity contribution in [2.24, 2.45) is 0 Å². The number of thioether (sulfide) groups is 1. The summed E-state index contributed by atoms with van der Waals surface area (Å²) in [6.45, 7) is 5.78. The molecule has 0 saturated carbocycles. The van der Waals surface area contributed by atoms with E-state index in [0.29, 0.717) is 17.8 Å². The lowest BCUT2D eigenvalue weighted by atomic mass is 9.95. The van der Waals surface area contributed by atoms with Crippen LogP contribution in [-0.4, -0.2) is 69.6 Å². The van der Waals surface area contributed by atoms with E-state index in [-0.39, 0.29) is 12.6 Å². The Morgan fingerprint density at radius 2 is 1.86 bits per heavy atom. The van der Waals surface area contributed by atoms with Crippen molar-refractivity contribution in [2.45, 2.75) is 17.9 Å². The van der Waals surface area contributed by atoms with Crippen molar-refractivity contribution >= 4 is 29.4 Å². The van der Waals surface area contributed by atoms with Gasteiger partial charge in [-0.15, -0.1) is 11.8 Å². The van der Waals surface area contributed by atoms with Gasteiger partial charge in [0, 0.05) is 55.1 Å². The van der Waals surface area contributed by atoms with Crippen LogP contribution in [0.5, 0.6) is 5.75 Å². The fourth-order valence-electron chi connectivity index (χ4n) is 4.43. The Bertz CT molecular complexity index is 1080. The molecule has 2 aromatic rings. The molecule has 1 fully saturated rings. The summed E-state index contributed by atoms with van der Waals surface area (Å²) in [5.41, 5.74) is 3.03. The van der Waals surface area contributed by atoms with Crippen molar-refractivity contribution in [1.82, 2.24) is 15.5 Å². The maximum atomic E-state index is 13.0. The number of rotatable bonds is 8. The van der Waals surface area contributed by atoms with Crippen molar-refractivity contribution in [3.63, 3.8) is 0 Å². The summed E-state index contributed by atoms with van der Waals surface area (Å²) < 4.78 is 10.8. The first-order chi connectivity index (χ1) is 17.0. The monoisotopic (exact) mass is 496 g/mol. The molecule has 2 aromatic carbocycles. The summed E-state index contributed by atoms with van der Waals surface area (Å²) in [5.74, 6) is 0.423. The Labute approximate surface area is 210 Å². The number of nitrogens with zero attached hydrogens (tertiary/aromatic N) is 2. The van der Waals surface area contributed by atoms with Crippen LogP contribution in [0, 0.1) is 0 Å². The molecule has 1 atom stereocenters. The number of hydrogen-bond acceptors (Lipinski definition) is 7. The van der Waals surface area contributed by atoms with Crippen LogP contribution in [0.3, 0.4) is 0 Å². The van der Waals surface area contributed by atoms with Crippen molar-refractivity contribution in [1.29, 1.82) is 0 Å². The summed E-state index contributed by atoms with van der Waals surface area (Å²) in [5, 5.41) is 5.80. The average Bonchev–Trinajstić information content (AvgIpc) is 2.89. The second-order valence-corrected chi connectivity index (χ2v) is 9.26. The van der Waals surface area contributed by atoms with Crippen LogP contribution >= 0.6 is 11.8 Å². The molecule has 0 bridgehead atoms. The lowest BCUT2D eigenvalue weighted by Gasteiger charge is -2.38. The zero-order valence-corrected chi connectivity index (χ0v) is 21.2. The average molecular weight is 497 g/mol.